The molecule has 0 aliphatic heterocycles. The number of aromatic nitrogens is 1. The molecule has 0 radical (unpaired) electrons. The van der Waals surface area contributed by atoms with Gasteiger partial charge in [-0.05, 0) is 48.2 Å². The first-order chi connectivity index (χ1) is 13.3. The molecule has 2 aliphatic carbocycles. The number of ketones is 1. The van der Waals surface area contributed by atoms with Crippen LogP contribution in [0.1, 0.15) is 49.8 Å². The SMILES string of the molecule is CC1(C)CC(=O)C2=C(C1)c1oc(N)nc1[C@@H]2c1ccc(-c2ccc(F)cc2)o1. The summed E-state index contributed by atoms with van der Waals surface area (Å²) < 4.78 is 25.0. The number of allylic oxidation sites excluding steroid dienone is 2. The number of hydrogen-bond acceptors (Lipinski definition) is 5. The van der Waals surface area contributed by atoms with Crippen molar-refractivity contribution in [1.82, 2.24) is 4.98 Å². The van der Waals surface area contributed by atoms with Crippen LogP contribution in [0.15, 0.2) is 50.8 Å². The van der Waals surface area contributed by atoms with E-state index in [1.54, 1.807) is 12.1 Å². The highest BCUT2D eigenvalue weighted by molar-refractivity contribution is 6.08. The van der Waals surface area contributed by atoms with Gasteiger partial charge in [-0.25, -0.2) is 4.39 Å². The van der Waals surface area contributed by atoms with Crippen molar-refractivity contribution >= 4 is 17.4 Å². The van der Waals surface area contributed by atoms with Crippen molar-refractivity contribution in [3.8, 4) is 11.3 Å². The van der Waals surface area contributed by atoms with Crippen molar-refractivity contribution in [2.24, 2.45) is 5.41 Å². The average Bonchev–Trinajstić information content (AvgIpc) is 3.29. The van der Waals surface area contributed by atoms with Crippen LogP contribution in [-0.2, 0) is 4.79 Å². The maximum absolute atomic E-state index is 13.2. The summed E-state index contributed by atoms with van der Waals surface area (Å²) in [4.78, 5) is 17.4. The molecule has 0 bridgehead atoms. The van der Waals surface area contributed by atoms with Gasteiger partial charge in [0.15, 0.2) is 11.5 Å². The lowest BCUT2D eigenvalue weighted by Gasteiger charge is -2.30. The summed E-state index contributed by atoms with van der Waals surface area (Å²) in [5, 5.41) is 0. The zero-order valence-electron chi connectivity index (χ0n) is 15.6. The number of oxazole rings is 1. The van der Waals surface area contributed by atoms with E-state index >= 15 is 0 Å². The number of fused-ring (bicyclic) bond motifs is 2. The molecular formula is C22H19FN2O3. The summed E-state index contributed by atoms with van der Waals surface area (Å²) >= 11 is 0. The third-order valence-corrected chi connectivity index (χ3v) is 5.47. The zero-order chi connectivity index (χ0) is 19.6. The molecule has 1 aromatic carbocycles. The Hall–Kier alpha value is -3.15. The van der Waals surface area contributed by atoms with E-state index in [2.05, 4.69) is 18.8 Å². The van der Waals surface area contributed by atoms with Gasteiger partial charge in [-0.15, -0.1) is 0 Å². The molecule has 5 nitrogen and oxygen atoms in total. The number of benzene rings is 1. The van der Waals surface area contributed by atoms with Crippen LogP contribution in [0.25, 0.3) is 16.9 Å². The minimum atomic E-state index is -0.427. The predicted octanol–water partition coefficient (Wildman–Crippen LogP) is 4.94. The first-order valence-corrected chi connectivity index (χ1v) is 9.21. The van der Waals surface area contributed by atoms with Gasteiger partial charge in [0.25, 0.3) is 6.01 Å². The standard InChI is InChI=1S/C22H19FN2O3/c1-22(2)9-13-17(14(26)10-22)18(19-20(13)28-21(24)25-19)16-8-7-15(27-16)11-3-5-12(23)6-4-11/h3-8,18H,9-10H2,1-2H3,(H2,24,25)/t18-/m1/s1. The lowest BCUT2D eigenvalue weighted by molar-refractivity contribution is -0.118. The maximum Gasteiger partial charge on any atom is 0.292 e. The first-order valence-electron chi connectivity index (χ1n) is 9.21. The average molecular weight is 378 g/mol. The van der Waals surface area contributed by atoms with Gasteiger partial charge in [0.1, 0.15) is 23.0 Å². The van der Waals surface area contributed by atoms with Crippen LogP contribution in [-0.4, -0.2) is 10.8 Å². The fourth-order valence-corrected chi connectivity index (χ4v) is 4.32. The summed E-state index contributed by atoms with van der Waals surface area (Å²) in [6, 6.07) is 9.83. The lowest BCUT2D eigenvalue weighted by atomic mass is 9.73. The van der Waals surface area contributed by atoms with Crippen molar-refractivity contribution in [1.29, 1.82) is 0 Å². The lowest BCUT2D eigenvalue weighted by Crippen LogP contribution is -2.25. The van der Waals surface area contributed by atoms with E-state index in [0.29, 0.717) is 35.0 Å². The summed E-state index contributed by atoms with van der Waals surface area (Å²) in [6.45, 7) is 4.14. The van der Waals surface area contributed by atoms with Crippen molar-refractivity contribution in [2.75, 3.05) is 5.73 Å². The Labute approximate surface area is 161 Å². The van der Waals surface area contributed by atoms with Gasteiger partial charge >= 0.3 is 0 Å². The number of halogens is 1. The number of nitrogens with two attached hydrogens (primary N) is 1. The van der Waals surface area contributed by atoms with E-state index in [1.807, 2.05) is 12.1 Å². The van der Waals surface area contributed by atoms with Crippen LogP contribution in [0.3, 0.4) is 0 Å². The van der Waals surface area contributed by atoms with Crippen molar-refractivity contribution in [2.45, 2.75) is 32.6 Å². The topological polar surface area (TPSA) is 82.3 Å². The number of nitrogens with zero attached hydrogens (tertiary/aromatic N) is 1. The van der Waals surface area contributed by atoms with E-state index in [0.717, 1.165) is 17.6 Å². The molecule has 0 fully saturated rings. The third kappa shape index (κ3) is 2.52. The van der Waals surface area contributed by atoms with Gasteiger partial charge in [0, 0.05) is 23.1 Å². The van der Waals surface area contributed by atoms with E-state index in [-0.39, 0.29) is 23.0 Å². The highest BCUT2D eigenvalue weighted by Crippen LogP contribution is 2.54. The Morgan fingerprint density at radius 3 is 2.61 bits per heavy atom. The molecule has 0 saturated heterocycles. The minimum absolute atomic E-state index is 0.0858. The van der Waals surface area contributed by atoms with Crippen LogP contribution in [0.5, 0.6) is 0 Å². The van der Waals surface area contributed by atoms with Crippen molar-refractivity contribution in [3.05, 3.63) is 65.0 Å². The van der Waals surface area contributed by atoms with Crippen molar-refractivity contribution in [3.63, 3.8) is 0 Å². The quantitative estimate of drug-likeness (QED) is 0.683. The van der Waals surface area contributed by atoms with Crippen molar-refractivity contribution < 1.29 is 18.0 Å². The molecule has 0 spiro atoms. The highest BCUT2D eigenvalue weighted by atomic mass is 19.1. The Kier molecular flexibility index (Phi) is 3.44. The molecule has 0 saturated carbocycles. The van der Waals surface area contributed by atoms with E-state index in [4.69, 9.17) is 14.6 Å². The fourth-order valence-electron chi connectivity index (χ4n) is 4.32. The molecule has 5 rings (SSSR count). The first kappa shape index (κ1) is 17.0. The monoisotopic (exact) mass is 378 g/mol. The molecule has 2 N–H and O–H groups in total. The molecule has 2 aliphatic rings. The Morgan fingerprint density at radius 2 is 1.86 bits per heavy atom. The van der Waals surface area contributed by atoms with Crippen LogP contribution in [0, 0.1) is 11.2 Å². The number of carbonyl (C=O) groups excluding carboxylic acids is 1. The number of Topliss-reactive ketones (excluding diaryl/α,β-unsaturated/α-hetero) is 1. The Balaban J connectivity index is 1.62. The summed E-state index contributed by atoms with van der Waals surface area (Å²) in [5.74, 6) is 1.15. The minimum Gasteiger partial charge on any atom is -0.460 e. The molecular weight excluding hydrogens is 359 g/mol. The second-order valence-corrected chi connectivity index (χ2v) is 8.24. The van der Waals surface area contributed by atoms with Crippen LogP contribution < -0.4 is 5.73 Å². The van der Waals surface area contributed by atoms with Crippen LogP contribution >= 0.6 is 0 Å². The van der Waals surface area contributed by atoms with Gasteiger partial charge in [-0.3, -0.25) is 4.79 Å². The number of hydrogen-bond donors (Lipinski definition) is 1. The molecule has 2 heterocycles. The fraction of sp³-hybridized carbons (Fsp3) is 0.273. The Bertz CT molecular complexity index is 1140. The number of furan rings is 1. The third-order valence-electron chi connectivity index (χ3n) is 5.47. The van der Waals surface area contributed by atoms with E-state index < -0.39 is 5.92 Å². The number of anilines is 1. The van der Waals surface area contributed by atoms with Crippen LogP contribution in [0.2, 0.25) is 0 Å². The number of rotatable bonds is 2. The van der Waals surface area contributed by atoms with E-state index in [9.17, 15) is 9.18 Å². The predicted molar refractivity (Wildman–Crippen MR) is 102 cm³/mol. The Morgan fingerprint density at radius 1 is 1.11 bits per heavy atom. The molecule has 0 unspecified atom stereocenters. The second kappa shape index (κ2) is 5.67. The van der Waals surface area contributed by atoms with Gasteiger partial charge in [0.05, 0.1) is 5.92 Å². The number of carbonyl (C=O) groups is 1. The molecule has 6 heteroatoms. The van der Waals surface area contributed by atoms with Gasteiger partial charge < -0.3 is 14.6 Å². The summed E-state index contributed by atoms with van der Waals surface area (Å²) in [5.41, 5.74) is 8.63. The van der Waals surface area contributed by atoms with Gasteiger partial charge in [0.2, 0.25) is 0 Å². The largest absolute Gasteiger partial charge is 0.460 e. The number of nitrogen functional groups attached to an aromatic ring is 1. The summed E-state index contributed by atoms with van der Waals surface area (Å²) in [7, 11) is 0. The molecule has 1 atom stereocenters. The van der Waals surface area contributed by atoms with Gasteiger partial charge in [-0.1, -0.05) is 13.8 Å². The zero-order valence-corrected chi connectivity index (χ0v) is 15.6. The molecule has 142 valence electrons. The maximum atomic E-state index is 13.2. The second-order valence-electron chi connectivity index (χ2n) is 8.24. The molecule has 0 amide bonds. The molecule has 28 heavy (non-hydrogen) atoms. The normalized spacial score (nSPS) is 20.4. The summed E-state index contributed by atoms with van der Waals surface area (Å²) in [6.07, 6.45) is 1.19. The molecule has 3 aromatic rings. The van der Waals surface area contributed by atoms with Crippen LogP contribution in [0.4, 0.5) is 10.4 Å². The molecule has 2 aromatic heterocycles. The van der Waals surface area contributed by atoms with E-state index in [1.165, 1.54) is 12.1 Å². The highest BCUT2D eigenvalue weighted by Gasteiger charge is 2.47. The van der Waals surface area contributed by atoms with Gasteiger partial charge in [-0.2, -0.15) is 4.98 Å². The smallest absolute Gasteiger partial charge is 0.292 e.